The zero-order valence-corrected chi connectivity index (χ0v) is 10.7. The van der Waals surface area contributed by atoms with Crippen LogP contribution in [0.2, 0.25) is 0 Å². The number of hydrogen-bond acceptors (Lipinski definition) is 1. The molecule has 2 aliphatic carbocycles. The highest BCUT2D eigenvalue weighted by molar-refractivity contribution is 4.95. The Labute approximate surface area is 95.0 Å². The summed E-state index contributed by atoms with van der Waals surface area (Å²) >= 11 is 0. The molecule has 1 atom stereocenters. The van der Waals surface area contributed by atoms with E-state index in [1.54, 1.807) is 0 Å². The zero-order valence-electron chi connectivity index (χ0n) is 10.7. The Morgan fingerprint density at radius 2 is 1.73 bits per heavy atom. The van der Waals surface area contributed by atoms with Crippen molar-refractivity contribution in [1.82, 2.24) is 5.32 Å². The van der Waals surface area contributed by atoms with Gasteiger partial charge in [-0.1, -0.05) is 19.8 Å². The van der Waals surface area contributed by atoms with Crippen LogP contribution in [0.25, 0.3) is 0 Å². The van der Waals surface area contributed by atoms with Crippen LogP contribution < -0.4 is 5.32 Å². The monoisotopic (exact) mass is 209 g/mol. The first-order chi connectivity index (χ1) is 7.13. The van der Waals surface area contributed by atoms with E-state index in [1.807, 2.05) is 0 Å². The van der Waals surface area contributed by atoms with E-state index in [-0.39, 0.29) is 0 Å². The van der Waals surface area contributed by atoms with Gasteiger partial charge in [-0.3, -0.25) is 0 Å². The van der Waals surface area contributed by atoms with Gasteiger partial charge in [0.2, 0.25) is 0 Å². The summed E-state index contributed by atoms with van der Waals surface area (Å²) in [5, 5.41) is 3.95. The normalized spacial score (nSPS) is 25.8. The summed E-state index contributed by atoms with van der Waals surface area (Å²) in [4.78, 5) is 0. The molecule has 0 aliphatic heterocycles. The summed E-state index contributed by atoms with van der Waals surface area (Å²) in [5.74, 6) is 1.92. The first-order valence-corrected chi connectivity index (χ1v) is 6.91. The topological polar surface area (TPSA) is 12.0 Å². The lowest BCUT2D eigenvalue weighted by Gasteiger charge is -2.37. The lowest BCUT2D eigenvalue weighted by molar-refractivity contribution is 0.215. The number of hydrogen-bond donors (Lipinski definition) is 1. The lowest BCUT2D eigenvalue weighted by Crippen LogP contribution is -2.51. The zero-order chi connectivity index (χ0) is 10.9. The van der Waals surface area contributed by atoms with E-state index in [9.17, 15) is 0 Å². The molecule has 1 unspecified atom stereocenters. The minimum absolute atomic E-state index is 0.375. The van der Waals surface area contributed by atoms with E-state index in [2.05, 4.69) is 26.1 Å². The van der Waals surface area contributed by atoms with Gasteiger partial charge in [-0.05, 0) is 57.8 Å². The Morgan fingerprint density at radius 3 is 2.20 bits per heavy atom. The first-order valence-electron chi connectivity index (χ1n) is 6.91. The Kier molecular flexibility index (Phi) is 3.39. The second kappa shape index (κ2) is 4.45. The Morgan fingerprint density at radius 1 is 1.13 bits per heavy atom. The van der Waals surface area contributed by atoms with E-state index >= 15 is 0 Å². The van der Waals surface area contributed by atoms with Gasteiger partial charge in [0.25, 0.3) is 0 Å². The largest absolute Gasteiger partial charge is 0.309 e. The smallest absolute Gasteiger partial charge is 0.0156 e. The molecule has 0 aromatic rings. The molecule has 0 aromatic heterocycles. The summed E-state index contributed by atoms with van der Waals surface area (Å²) < 4.78 is 0. The van der Waals surface area contributed by atoms with Gasteiger partial charge >= 0.3 is 0 Å². The van der Waals surface area contributed by atoms with Crippen molar-refractivity contribution in [2.45, 2.75) is 77.3 Å². The second-order valence-corrected chi connectivity index (χ2v) is 6.20. The summed E-state index contributed by atoms with van der Waals surface area (Å²) in [7, 11) is 0. The molecule has 0 bridgehead atoms. The third kappa shape index (κ3) is 2.75. The summed E-state index contributed by atoms with van der Waals surface area (Å²) in [5.41, 5.74) is 0.375. The molecule has 0 saturated heterocycles. The molecule has 1 heteroatoms. The van der Waals surface area contributed by atoms with Crippen LogP contribution in [0.4, 0.5) is 0 Å². The van der Waals surface area contributed by atoms with Crippen LogP contribution >= 0.6 is 0 Å². The van der Waals surface area contributed by atoms with Crippen LogP contribution in [-0.4, -0.2) is 11.6 Å². The molecule has 2 saturated carbocycles. The van der Waals surface area contributed by atoms with E-state index in [0.29, 0.717) is 5.54 Å². The van der Waals surface area contributed by atoms with Crippen LogP contribution in [0.15, 0.2) is 0 Å². The molecular formula is C14H27N. The molecule has 15 heavy (non-hydrogen) atoms. The molecule has 1 nitrogen and oxygen atoms in total. The average molecular weight is 209 g/mol. The van der Waals surface area contributed by atoms with Crippen molar-refractivity contribution < 1.29 is 0 Å². The van der Waals surface area contributed by atoms with Gasteiger partial charge in [0, 0.05) is 11.6 Å². The van der Waals surface area contributed by atoms with Gasteiger partial charge in [-0.15, -0.1) is 0 Å². The van der Waals surface area contributed by atoms with Gasteiger partial charge in [-0.25, -0.2) is 0 Å². The first kappa shape index (κ1) is 11.4. The predicted octanol–water partition coefficient (Wildman–Crippen LogP) is 3.73. The van der Waals surface area contributed by atoms with Crippen molar-refractivity contribution in [2.75, 3.05) is 0 Å². The predicted molar refractivity (Wildman–Crippen MR) is 66.0 cm³/mol. The minimum atomic E-state index is 0.375. The fourth-order valence-corrected chi connectivity index (χ4v) is 3.30. The molecule has 2 aliphatic rings. The maximum atomic E-state index is 3.95. The van der Waals surface area contributed by atoms with Crippen molar-refractivity contribution in [1.29, 1.82) is 0 Å². The summed E-state index contributed by atoms with van der Waals surface area (Å²) in [6.45, 7) is 7.18. The Bertz CT molecular complexity index is 199. The highest BCUT2D eigenvalue weighted by Gasteiger charge is 2.37. The summed E-state index contributed by atoms with van der Waals surface area (Å²) in [6.07, 6.45) is 10.0. The van der Waals surface area contributed by atoms with Crippen LogP contribution in [-0.2, 0) is 0 Å². The fraction of sp³-hybridized carbons (Fsp3) is 1.00. The van der Waals surface area contributed by atoms with Crippen LogP contribution in [0.1, 0.15) is 65.7 Å². The molecular weight excluding hydrogens is 182 g/mol. The van der Waals surface area contributed by atoms with Gasteiger partial charge in [-0.2, -0.15) is 0 Å². The van der Waals surface area contributed by atoms with E-state index in [4.69, 9.17) is 0 Å². The summed E-state index contributed by atoms with van der Waals surface area (Å²) in [6, 6.07) is 0.792. The number of nitrogens with one attached hydrogen (secondary N) is 1. The maximum absolute atomic E-state index is 3.95. The molecule has 2 rings (SSSR count). The molecule has 0 radical (unpaired) electrons. The van der Waals surface area contributed by atoms with Crippen molar-refractivity contribution >= 4 is 0 Å². The van der Waals surface area contributed by atoms with Gasteiger partial charge < -0.3 is 5.32 Å². The molecule has 0 aromatic carbocycles. The third-order valence-electron chi connectivity index (χ3n) is 4.56. The average Bonchev–Trinajstić information content (AvgIpc) is 2.88. The molecule has 0 amide bonds. The van der Waals surface area contributed by atoms with Gasteiger partial charge in [0.05, 0.1) is 0 Å². The number of rotatable bonds is 5. The molecule has 88 valence electrons. The van der Waals surface area contributed by atoms with Crippen LogP contribution in [0.3, 0.4) is 0 Å². The molecule has 1 N–H and O–H groups in total. The minimum Gasteiger partial charge on any atom is -0.309 e. The maximum Gasteiger partial charge on any atom is 0.0156 e. The molecule has 2 fully saturated rings. The third-order valence-corrected chi connectivity index (χ3v) is 4.56. The van der Waals surface area contributed by atoms with Crippen LogP contribution in [0, 0.1) is 11.8 Å². The van der Waals surface area contributed by atoms with Crippen LogP contribution in [0.5, 0.6) is 0 Å². The van der Waals surface area contributed by atoms with Crippen molar-refractivity contribution in [3.8, 4) is 0 Å². The van der Waals surface area contributed by atoms with Crippen molar-refractivity contribution in [2.24, 2.45) is 11.8 Å². The van der Waals surface area contributed by atoms with E-state index < -0.39 is 0 Å². The Hall–Kier alpha value is -0.0400. The fourth-order valence-electron chi connectivity index (χ4n) is 3.30. The lowest BCUT2D eigenvalue weighted by atomic mass is 9.85. The van der Waals surface area contributed by atoms with E-state index in [1.165, 1.54) is 44.9 Å². The Balaban J connectivity index is 1.89. The van der Waals surface area contributed by atoms with Crippen molar-refractivity contribution in [3.05, 3.63) is 0 Å². The van der Waals surface area contributed by atoms with Gasteiger partial charge in [0.1, 0.15) is 0 Å². The molecule has 0 heterocycles. The highest BCUT2D eigenvalue weighted by Crippen LogP contribution is 2.38. The van der Waals surface area contributed by atoms with Crippen molar-refractivity contribution in [3.63, 3.8) is 0 Å². The van der Waals surface area contributed by atoms with E-state index in [0.717, 1.165) is 17.9 Å². The standard InChI is InChI=1S/C14H27N/c1-4-13(11-9-10-11)15-14(2,3)12-7-5-6-8-12/h11-13,15H,4-10H2,1-3H3. The quantitative estimate of drug-likeness (QED) is 0.727. The molecule has 0 spiro atoms. The SMILES string of the molecule is CCC(NC(C)(C)C1CCCC1)C1CC1. The highest BCUT2D eigenvalue weighted by atomic mass is 15.0. The second-order valence-electron chi connectivity index (χ2n) is 6.20. The van der Waals surface area contributed by atoms with Gasteiger partial charge in [0.15, 0.2) is 0 Å².